The molecule has 2 aromatic carbocycles. The minimum absolute atomic E-state index is 0.0245. The monoisotopic (exact) mass is 528 g/mol. The van der Waals surface area contributed by atoms with Gasteiger partial charge in [0.05, 0.1) is 32.5 Å². The van der Waals surface area contributed by atoms with E-state index in [0.717, 1.165) is 23.3 Å². The number of hydrogen-bond acceptors (Lipinski definition) is 7. The molecular formula is C29H32N6O4. The van der Waals surface area contributed by atoms with Crippen molar-refractivity contribution in [1.82, 2.24) is 30.2 Å². The van der Waals surface area contributed by atoms with Crippen LogP contribution in [-0.4, -0.2) is 76.6 Å². The lowest BCUT2D eigenvalue weighted by Gasteiger charge is -2.22. The van der Waals surface area contributed by atoms with Gasteiger partial charge in [0.15, 0.2) is 5.69 Å². The molecule has 0 saturated carbocycles. The minimum Gasteiger partial charge on any atom is -0.497 e. The molecule has 2 aromatic heterocycles. The number of amides is 1. The van der Waals surface area contributed by atoms with Gasteiger partial charge in [0.2, 0.25) is 5.91 Å². The number of nitrogens with zero attached hydrogens (tertiary/aromatic N) is 4. The fraction of sp³-hybridized carbons (Fsp3) is 0.310. The number of hydrogen-bond donors (Lipinski definition) is 2. The van der Waals surface area contributed by atoms with Gasteiger partial charge in [0, 0.05) is 36.7 Å². The highest BCUT2D eigenvalue weighted by Crippen LogP contribution is 2.27. The van der Waals surface area contributed by atoms with E-state index in [1.807, 2.05) is 54.7 Å². The molecule has 0 radical (unpaired) electrons. The second kappa shape index (κ2) is 12.0. The molecule has 1 aliphatic rings. The van der Waals surface area contributed by atoms with Crippen LogP contribution < -0.4 is 10.1 Å². The third-order valence-electron chi connectivity index (χ3n) is 7.10. The lowest BCUT2D eigenvalue weighted by molar-refractivity contribution is -0.125. The van der Waals surface area contributed by atoms with Crippen molar-refractivity contribution in [2.45, 2.75) is 24.9 Å². The summed E-state index contributed by atoms with van der Waals surface area (Å²) in [6.45, 7) is 1.71. The number of likely N-dealkylation sites (tertiary alicyclic amines) is 1. The number of esters is 1. The number of benzene rings is 2. The van der Waals surface area contributed by atoms with E-state index in [2.05, 4.69) is 37.7 Å². The number of rotatable bonds is 10. The Hall–Kier alpha value is -4.44. The van der Waals surface area contributed by atoms with E-state index in [1.165, 1.54) is 18.1 Å². The highest BCUT2D eigenvalue weighted by atomic mass is 16.5. The van der Waals surface area contributed by atoms with Crippen molar-refractivity contribution in [2.75, 3.05) is 33.9 Å². The Kier molecular flexibility index (Phi) is 8.02. The number of para-hydroxylation sites is 1. The zero-order valence-corrected chi connectivity index (χ0v) is 22.0. The Morgan fingerprint density at radius 1 is 1.15 bits per heavy atom. The predicted octanol–water partition coefficient (Wildman–Crippen LogP) is 3.24. The van der Waals surface area contributed by atoms with Gasteiger partial charge < -0.3 is 19.8 Å². The fourth-order valence-corrected chi connectivity index (χ4v) is 5.01. The first-order chi connectivity index (χ1) is 19.1. The average molecular weight is 529 g/mol. The van der Waals surface area contributed by atoms with Crippen LogP contribution in [0.4, 0.5) is 0 Å². The molecule has 0 aliphatic carbocycles. The molecule has 0 unspecified atom stereocenters. The largest absolute Gasteiger partial charge is 0.497 e. The van der Waals surface area contributed by atoms with E-state index in [-0.39, 0.29) is 23.7 Å². The van der Waals surface area contributed by atoms with Gasteiger partial charge in [-0.3, -0.25) is 9.69 Å². The Morgan fingerprint density at radius 2 is 1.97 bits per heavy atom. The van der Waals surface area contributed by atoms with Crippen molar-refractivity contribution in [3.8, 4) is 5.75 Å². The van der Waals surface area contributed by atoms with Crippen molar-refractivity contribution in [3.63, 3.8) is 0 Å². The molecule has 10 heteroatoms. The Bertz CT molecular complexity index is 1460. The van der Waals surface area contributed by atoms with Crippen molar-refractivity contribution in [1.29, 1.82) is 0 Å². The van der Waals surface area contributed by atoms with Gasteiger partial charge in [-0.2, -0.15) is 0 Å². The van der Waals surface area contributed by atoms with E-state index in [4.69, 9.17) is 9.47 Å². The van der Waals surface area contributed by atoms with Gasteiger partial charge in [0.1, 0.15) is 5.75 Å². The van der Waals surface area contributed by atoms with Crippen LogP contribution in [-0.2, 0) is 16.0 Å². The molecule has 3 heterocycles. The molecule has 1 fully saturated rings. The van der Waals surface area contributed by atoms with Gasteiger partial charge in [-0.25, -0.2) is 9.48 Å². The Labute approximate surface area is 226 Å². The first-order valence-corrected chi connectivity index (χ1v) is 12.9. The van der Waals surface area contributed by atoms with Crippen molar-refractivity contribution in [3.05, 3.63) is 83.8 Å². The van der Waals surface area contributed by atoms with E-state index >= 15 is 0 Å². The SMILES string of the molecule is COC(=O)c1cn([C@@H]2C[C@@H](C(=O)NCCc3c[nH]c4ccccc34)N(CC=Cc3ccc(OC)cc3)C2)nn1. The number of carbonyl (C=O) groups is 2. The second-order valence-electron chi connectivity index (χ2n) is 9.51. The summed E-state index contributed by atoms with van der Waals surface area (Å²) in [5.41, 5.74) is 3.46. The predicted molar refractivity (Wildman–Crippen MR) is 147 cm³/mol. The molecule has 2 N–H and O–H groups in total. The molecule has 202 valence electrons. The van der Waals surface area contributed by atoms with E-state index in [1.54, 1.807) is 18.0 Å². The van der Waals surface area contributed by atoms with Crippen molar-refractivity contribution < 1.29 is 19.1 Å². The molecule has 39 heavy (non-hydrogen) atoms. The maximum atomic E-state index is 13.4. The van der Waals surface area contributed by atoms with Crippen LogP contribution in [0.1, 0.15) is 34.1 Å². The van der Waals surface area contributed by atoms with Crippen LogP contribution in [0.25, 0.3) is 17.0 Å². The normalized spacial score (nSPS) is 17.6. The number of fused-ring (bicyclic) bond motifs is 1. The van der Waals surface area contributed by atoms with Crippen molar-refractivity contribution in [2.24, 2.45) is 0 Å². The minimum atomic E-state index is -0.537. The van der Waals surface area contributed by atoms with Crippen LogP contribution in [0.15, 0.2) is 67.0 Å². The molecule has 1 saturated heterocycles. The fourth-order valence-electron chi connectivity index (χ4n) is 5.01. The number of carbonyl (C=O) groups excluding carboxylic acids is 2. The van der Waals surface area contributed by atoms with Crippen LogP contribution in [0.2, 0.25) is 0 Å². The first-order valence-electron chi connectivity index (χ1n) is 12.9. The van der Waals surface area contributed by atoms with E-state index in [0.29, 0.717) is 26.1 Å². The maximum Gasteiger partial charge on any atom is 0.360 e. The van der Waals surface area contributed by atoms with E-state index in [9.17, 15) is 9.59 Å². The van der Waals surface area contributed by atoms with Crippen LogP contribution in [0, 0.1) is 0 Å². The smallest absolute Gasteiger partial charge is 0.360 e. The third kappa shape index (κ3) is 6.01. The lowest BCUT2D eigenvalue weighted by atomic mass is 10.1. The molecule has 10 nitrogen and oxygen atoms in total. The van der Waals surface area contributed by atoms with Crippen molar-refractivity contribution >= 4 is 28.9 Å². The Balaban J connectivity index is 1.26. The summed E-state index contributed by atoms with van der Waals surface area (Å²) in [5.74, 6) is 0.242. The van der Waals surface area contributed by atoms with Crippen LogP contribution >= 0.6 is 0 Å². The average Bonchev–Trinajstić information content (AvgIpc) is 3.72. The zero-order valence-electron chi connectivity index (χ0n) is 22.0. The number of H-pyrrole nitrogens is 1. The molecular weight excluding hydrogens is 496 g/mol. The van der Waals surface area contributed by atoms with Crippen LogP contribution in [0.3, 0.4) is 0 Å². The number of aromatic nitrogens is 4. The number of methoxy groups -OCH3 is 2. The van der Waals surface area contributed by atoms with Gasteiger partial charge >= 0.3 is 5.97 Å². The van der Waals surface area contributed by atoms with Gasteiger partial charge in [0.25, 0.3) is 0 Å². The summed E-state index contributed by atoms with van der Waals surface area (Å²) in [7, 11) is 2.95. The number of aromatic amines is 1. The van der Waals surface area contributed by atoms with Gasteiger partial charge in [-0.15, -0.1) is 5.10 Å². The molecule has 5 rings (SSSR count). The molecule has 0 bridgehead atoms. The van der Waals surface area contributed by atoms with Crippen LogP contribution in [0.5, 0.6) is 5.75 Å². The zero-order chi connectivity index (χ0) is 27.2. The van der Waals surface area contributed by atoms with Gasteiger partial charge in [-0.1, -0.05) is 47.7 Å². The summed E-state index contributed by atoms with van der Waals surface area (Å²) >= 11 is 0. The number of nitrogens with one attached hydrogen (secondary N) is 2. The number of ether oxygens (including phenoxy) is 2. The van der Waals surface area contributed by atoms with Gasteiger partial charge in [-0.05, 0) is 42.2 Å². The van der Waals surface area contributed by atoms with E-state index < -0.39 is 5.97 Å². The Morgan fingerprint density at radius 3 is 2.77 bits per heavy atom. The quantitative estimate of drug-likeness (QED) is 0.304. The highest BCUT2D eigenvalue weighted by Gasteiger charge is 2.37. The summed E-state index contributed by atoms with van der Waals surface area (Å²) < 4.78 is 11.6. The third-order valence-corrected chi connectivity index (χ3v) is 7.10. The molecule has 2 atom stereocenters. The summed E-state index contributed by atoms with van der Waals surface area (Å²) in [6.07, 6.45) is 8.96. The summed E-state index contributed by atoms with van der Waals surface area (Å²) in [5, 5.41) is 12.4. The molecule has 1 aliphatic heterocycles. The highest BCUT2D eigenvalue weighted by molar-refractivity contribution is 5.86. The topological polar surface area (TPSA) is 114 Å². The second-order valence-corrected chi connectivity index (χ2v) is 9.51. The first kappa shape index (κ1) is 26.2. The molecule has 0 spiro atoms. The standard InChI is InChI=1S/C29H32N6O4/c1-38-23-11-9-20(10-12-23)6-5-15-34-18-22(35-19-26(32-33-35)29(37)39-2)16-27(34)28(36)30-14-13-21-17-31-25-8-4-3-7-24(21)25/h3-12,17,19,22,27,31H,13-16,18H2,1-2H3,(H,30,36)/t22-,27+/m1/s1. The molecule has 4 aromatic rings. The maximum absolute atomic E-state index is 13.4. The summed E-state index contributed by atoms with van der Waals surface area (Å²) in [4.78, 5) is 30.6. The molecule has 1 amide bonds. The lowest BCUT2D eigenvalue weighted by Crippen LogP contribution is -2.43. The summed E-state index contributed by atoms with van der Waals surface area (Å²) in [6, 6.07) is 15.5.